The largest absolute Gasteiger partial charge is 0.336 e. The Hall–Kier alpha value is -3.10. The maximum atomic E-state index is 13.6. The SMILES string of the molecule is Cc1c(C)c(C)c(S(=O)(=O)N2CCN(C(=O)c3cnc(-c4ccccc4)nc3)CC2)c(C)c1C. The van der Waals surface area contributed by atoms with E-state index in [1.807, 2.05) is 65.0 Å². The summed E-state index contributed by atoms with van der Waals surface area (Å²) in [5.74, 6) is 0.369. The van der Waals surface area contributed by atoms with Crippen LogP contribution >= 0.6 is 0 Å². The average Bonchev–Trinajstić information content (AvgIpc) is 2.86. The number of carbonyl (C=O) groups excluding carboxylic acids is 1. The van der Waals surface area contributed by atoms with Crippen molar-refractivity contribution in [1.29, 1.82) is 0 Å². The van der Waals surface area contributed by atoms with Crippen molar-refractivity contribution in [2.24, 2.45) is 0 Å². The van der Waals surface area contributed by atoms with Crippen molar-refractivity contribution in [3.63, 3.8) is 0 Å². The number of carbonyl (C=O) groups is 1. The van der Waals surface area contributed by atoms with Crippen LogP contribution in [0.3, 0.4) is 0 Å². The van der Waals surface area contributed by atoms with Crippen molar-refractivity contribution < 1.29 is 13.2 Å². The average molecular weight is 479 g/mol. The highest BCUT2D eigenvalue weighted by Crippen LogP contribution is 2.32. The molecule has 7 nitrogen and oxygen atoms in total. The highest BCUT2D eigenvalue weighted by molar-refractivity contribution is 7.89. The van der Waals surface area contributed by atoms with Gasteiger partial charge in [-0.2, -0.15) is 4.31 Å². The van der Waals surface area contributed by atoms with Gasteiger partial charge in [0.05, 0.1) is 10.5 Å². The van der Waals surface area contributed by atoms with E-state index in [2.05, 4.69) is 9.97 Å². The molecule has 4 rings (SSSR count). The summed E-state index contributed by atoms with van der Waals surface area (Å²) in [7, 11) is -3.66. The second kappa shape index (κ2) is 9.27. The smallest absolute Gasteiger partial charge is 0.257 e. The fourth-order valence-electron chi connectivity index (χ4n) is 4.47. The summed E-state index contributed by atoms with van der Waals surface area (Å²) in [6, 6.07) is 9.57. The van der Waals surface area contributed by atoms with Crippen LogP contribution in [0.25, 0.3) is 11.4 Å². The zero-order valence-corrected chi connectivity index (χ0v) is 21.1. The Balaban J connectivity index is 1.49. The van der Waals surface area contributed by atoms with Gasteiger partial charge >= 0.3 is 0 Å². The molecule has 0 radical (unpaired) electrons. The minimum Gasteiger partial charge on any atom is -0.336 e. The number of benzene rings is 2. The van der Waals surface area contributed by atoms with Gasteiger partial charge in [0.25, 0.3) is 5.91 Å². The van der Waals surface area contributed by atoms with Gasteiger partial charge in [-0.3, -0.25) is 4.79 Å². The third kappa shape index (κ3) is 4.23. The summed E-state index contributed by atoms with van der Waals surface area (Å²) < 4.78 is 28.6. The summed E-state index contributed by atoms with van der Waals surface area (Å²) in [4.78, 5) is 23.7. The van der Waals surface area contributed by atoms with Crippen molar-refractivity contribution in [3.8, 4) is 11.4 Å². The van der Waals surface area contributed by atoms with Gasteiger partial charge in [0.15, 0.2) is 5.82 Å². The maximum Gasteiger partial charge on any atom is 0.257 e. The van der Waals surface area contributed by atoms with Crippen molar-refractivity contribution in [2.45, 2.75) is 39.5 Å². The van der Waals surface area contributed by atoms with E-state index in [0.29, 0.717) is 29.4 Å². The van der Waals surface area contributed by atoms with E-state index in [-0.39, 0.29) is 19.0 Å². The van der Waals surface area contributed by atoms with Crippen LogP contribution in [0.1, 0.15) is 38.2 Å². The van der Waals surface area contributed by atoms with Crippen LogP contribution in [0.2, 0.25) is 0 Å². The summed E-state index contributed by atoms with van der Waals surface area (Å²) >= 11 is 0. The Morgan fingerprint density at radius 3 is 1.79 bits per heavy atom. The minimum atomic E-state index is -3.66. The molecular weight excluding hydrogens is 448 g/mol. The Kier molecular flexibility index (Phi) is 6.55. The van der Waals surface area contributed by atoms with Gasteiger partial charge in [-0.15, -0.1) is 0 Å². The van der Waals surface area contributed by atoms with Gasteiger partial charge in [-0.1, -0.05) is 30.3 Å². The standard InChI is InChI=1S/C26H30N4O3S/c1-17-18(2)20(4)24(21(5)19(17)3)34(32,33)30-13-11-29(12-14-30)26(31)23-15-27-25(28-16-23)22-9-7-6-8-10-22/h6-10,15-16H,11-14H2,1-5H3. The molecule has 1 aliphatic heterocycles. The topological polar surface area (TPSA) is 83.5 Å². The van der Waals surface area contributed by atoms with Crippen molar-refractivity contribution in [1.82, 2.24) is 19.2 Å². The summed E-state index contributed by atoms with van der Waals surface area (Å²) in [5.41, 5.74) is 6.03. The van der Waals surface area contributed by atoms with Crippen molar-refractivity contribution in [2.75, 3.05) is 26.2 Å². The van der Waals surface area contributed by atoms with E-state index in [4.69, 9.17) is 0 Å². The number of amides is 1. The maximum absolute atomic E-state index is 13.6. The van der Waals surface area contributed by atoms with Crippen molar-refractivity contribution >= 4 is 15.9 Å². The quantitative estimate of drug-likeness (QED) is 0.569. The second-order valence-electron chi connectivity index (χ2n) is 8.81. The van der Waals surface area contributed by atoms with Crippen LogP contribution in [0.15, 0.2) is 47.6 Å². The molecule has 0 aliphatic carbocycles. The lowest BCUT2D eigenvalue weighted by molar-refractivity contribution is 0.0697. The number of aromatic nitrogens is 2. The normalized spacial score (nSPS) is 14.9. The summed E-state index contributed by atoms with van der Waals surface area (Å²) in [5, 5.41) is 0. The molecule has 0 atom stereocenters. The Morgan fingerprint density at radius 1 is 0.765 bits per heavy atom. The first-order valence-electron chi connectivity index (χ1n) is 11.4. The molecule has 2 aromatic carbocycles. The number of hydrogen-bond donors (Lipinski definition) is 0. The van der Waals surface area contributed by atoms with Crippen LogP contribution < -0.4 is 0 Å². The van der Waals surface area contributed by atoms with Crippen LogP contribution in [-0.2, 0) is 10.0 Å². The van der Waals surface area contributed by atoms with Gasteiger partial charge in [-0.05, 0) is 62.4 Å². The zero-order valence-electron chi connectivity index (χ0n) is 20.3. The lowest BCUT2D eigenvalue weighted by atomic mass is 9.95. The van der Waals surface area contributed by atoms with Gasteiger partial charge < -0.3 is 4.90 Å². The minimum absolute atomic E-state index is 0.189. The molecule has 8 heteroatoms. The molecule has 34 heavy (non-hydrogen) atoms. The first-order chi connectivity index (χ1) is 16.1. The van der Waals surface area contributed by atoms with E-state index in [9.17, 15) is 13.2 Å². The van der Waals surface area contributed by atoms with E-state index in [0.717, 1.165) is 33.4 Å². The van der Waals surface area contributed by atoms with Gasteiger partial charge in [0.1, 0.15) is 0 Å². The monoisotopic (exact) mass is 478 g/mol. The van der Waals surface area contributed by atoms with Crippen molar-refractivity contribution in [3.05, 3.63) is 76.1 Å². The fourth-order valence-corrected chi connectivity index (χ4v) is 6.45. The molecule has 178 valence electrons. The highest BCUT2D eigenvalue weighted by atomic mass is 32.2. The molecule has 1 aliphatic rings. The molecule has 1 amide bonds. The lowest BCUT2D eigenvalue weighted by Gasteiger charge is -2.35. The summed E-state index contributed by atoms with van der Waals surface area (Å²) in [6.45, 7) is 10.9. The third-order valence-electron chi connectivity index (χ3n) is 6.99. The van der Waals surface area contributed by atoms with Gasteiger partial charge in [0, 0.05) is 44.1 Å². The molecule has 0 saturated carbocycles. The molecule has 0 bridgehead atoms. The van der Waals surface area contributed by atoms with Crippen LogP contribution in [0.4, 0.5) is 0 Å². The Bertz CT molecular complexity index is 1300. The van der Waals surface area contributed by atoms with Crippen LogP contribution in [-0.4, -0.2) is 59.7 Å². The van der Waals surface area contributed by atoms with E-state index >= 15 is 0 Å². The summed E-state index contributed by atoms with van der Waals surface area (Å²) in [6.07, 6.45) is 3.07. The fraction of sp³-hybridized carbons (Fsp3) is 0.346. The highest BCUT2D eigenvalue weighted by Gasteiger charge is 2.33. The zero-order chi connectivity index (χ0) is 24.6. The van der Waals surface area contributed by atoms with Crippen LogP contribution in [0.5, 0.6) is 0 Å². The molecule has 1 fully saturated rings. The molecule has 0 unspecified atom stereocenters. The molecular formula is C26H30N4O3S. The Labute approximate surface area is 201 Å². The number of piperazine rings is 1. The van der Waals surface area contributed by atoms with Gasteiger partial charge in [0.2, 0.25) is 10.0 Å². The Morgan fingerprint density at radius 2 is 1.26 bits per heavy atom. The van der Waals surface area contributed by atoms with E-state index in [1.54, 1.807) is 4.90 Å². The molecule has 1 aromatic heterocycles. The number of nitrogens with zero attached hydrogens (tertiary/aromatic N) is 4. The lowest BCUT2D eigenvalue weighted by Crippen LogP contribution is -2.50. The first kappa shape index (κ1) is 24.0. The number of sulfonamides is 1. The van der Waals surface area contributed by atoms with Gasteiger partial charge in [-0.25, -0.2) is 18.4 Å². The first-order valence-corrected chi connectivity index (χ1v) is 12.8. The van der Waals surface area contributed by atoms with E-state index in [1.165, 1.54) is 16.7 Å². The molecule has 0 spiro atoms. The number of rotatable bonds is 4. The van der Waals surface area contributed by atoms with E-state index < -0.39 is 10.0 Å². The molecule has 1 saturated heterocycles. The molecule has 0 N–H and O–H groups in total. The third-order valence-corrected chi connectivity index (χ3v) is 9.16. The second-order valence-corrected chi connectivity index (χ2v) is 10.7. The van der Waals surface area contributed by atoms with Crippen LogP contribution in [0, 0.1) is 34.6 Å². The number of hydrogen-bond acceptors (Lipinski definition) is 5. The molecule has 3 aromatic rings. The predicted molar refractivity (Wildman–Crippen MR) is 132 cm³/mol. The predicted octanol–water partition coefficient (Wildman–Crippen LogP) is 3.83. The molecule has 2 heterocycles.